The van der Waals surface area contributed by atoms with Gasteiger partial charge >= 0.3 is 6.18 Å². The highest BCUT2D eigenvalue weighted by Gasteiger charge is 2.37. The van der Waals surface area contributed by atoms with Gasteiger partial charge < -0.3 is 15.4 Å². The van der Waals surface area contributed by atoms with Gasteiger partial charge in [-0.1, -0.05) is 36.4 Å². The number of carbonyl (C=O) groups excluding carboxylic acids is 1. The predicted molar refractivity (Wildman–Crippen MR) is 137 cm³/mol. The van der Waals surface area contributed by atoms with Crippen LogP contribution in [0.15, 0.2) is 65.5 Å². The number of hydrogen-bond donors (Lipinski definition) is 3. The smallest absolute Gasteiger partial charge is 0.385 e. The summed E-state index contributed by atoms with van der Waals surface area (Å²) in [5, 5.41) is 14.1. The zero-order chi connectivity index (χ0) is 26.9. The molecule has 3 aromatic rings. The van der Waals surface area contributed by atoms with Crippen LogP contribution in [0.1, 0.15) is 70.0 Å². The third-order valence-electron chi connectivity index (χ3n) is 7.69. The number of aromatic amines is 1. The summed E-state index contributed by atoms with van der Waals surface area (Å²) < 4.78 is 39.3. The first-order chi connectivity index (χ1) is 18.1. The minimum Gasteiger partial charge on any atom is -0.385 e. The summed E-state index contributed by atoms with van der Waals surface area (Å²) in [4.78, 5) is 30.5. The van der Waals surface area contributed by atoms with Gasteiger partial charge in [-0.15, -0.1) is 0 Å². The normalized spacial score (nSPS) is 19.5. The van der Waals surface area contributed by atoms with Crippen LogP contribution in [0.5, 0.6) is 0 Å². The minimum absolute atomic E-state index is 0.0503. The van der Waals surface area contributed by atoms with Crippen LogP contribution in [-0.4, -0.2) is 34.0 Å². The van der Waals surface area contributed by atoms with E-state index in [0.717, 1.165) is 37.0 Å². The number of rotatable bonds is 5. The maximum Gasteiger partial charge on any atom is 0.416 e. The number of fused-ring (bicyclic) bond motifs is 1. The summed E-state index contributed by atoms with van der Waals surface area (Å²) in [6, 6.07) is 16.0. The van der Waals surface area contributed by atoms with Crippen molar-refractivity contribution < 1.29 is 23.1 Å². The summed E-state index contributed by atoms with van der Waals surface area (Å²) in [7, 11) is 0. The number of hydrogen-bond acceptors (Lipinski definition) is 4. The number of pyridine rings is 1. The molecule has 1 aliphatic heterocycles. The molecular formula is C29H30F3N3O3. The monoisotopic (exact) mass is 525 g/mol. The molecule has 0 saturated carbocycles. The van der Waals surface area contributed by atoms with E-state index in [2.05, 4.69) is 16.4 Å². The molecule has 1 unspecified atom stereocenters. The Morgan fingerprint density at radius 2 is 1.84 bits per heavy atom. The lowest BCUT2D eigenvalue weighted by molar-refractivity contribution is -0.137. The Bertz CT molecular complexity index is 1380. The van der Waals surface area contributed by atoms with Crippen LogP contribution in [-0.2, 0) is 24.7 Å². The van der Waals surface area contributed by atoms with Crippen molar-refractivity contribution in [3.63, 3.8) is 0 Å². The lowest BCUT2D eigenvalue weighted by Crippen LogP contribution is -2.42. The van der Waals surface area contributed by atoms with Gasteiger partial charge in [0.05, 0.1) is 17.2 Å². The SMILES string of the molecule is O=C(NC1CCCc2ccccc21)c1ccc(CN2CCC(O)(c3cccc(C(F)(F)F)c3)CC2)[nH]c1=O. The number of alkyl halides is 3. The highest BCUT2D eigenvalue weighted by atomic mass is 19.4. The van der Waals surface area contributed by atoms with Crippen LogP contribution < -0.4 is 10.9 Å². The number of likely N-dealkylation sites (tertiary alicyclic amines) is 1. The number of aromatic nitrogens is 1. The first kappa shape index (κ1) is 26.2. The summed E-state index contributed by atoms with van der Waals surface area (Å²) >= 11 is 0. The number of amides is 1. The molecule has 0 bridgehead atoms. The Morgan fingerprint density at radius 3 is 2.58 bits per heavy atom. The Kier molecular flexibility index (Phi) is 7.15. The van der Waals surface area contributed by atoms with Crippen LogP contribution >= 0.6 is 0 Å². The Labute approximate surface area is 218 Å². The Balaban J connectivity index is 1.21. The molecule has 38 heavy (non-hydrogen) atoms. The molecule has 1 atom stereocenters. The zero-order valence-corrected chi connectivity index (χ0v) is 20.9. The molecule has 0 radical (unpaired) electrons. The highest BCUT2D eigenvalue weighted by Crippen LogP contribution is 2.37. The molecule has 1 aliphatic carbocycles. The summed E-state index contributed by atoms with van der Waals surface area (Å²) in [5.41, 5.74) is 0.655. The molecule has 0 spiro atoms. The van der Waals surface area contributed by atoms with Crippen molar-refractivity contribution in [3.8, 4) is 0 Å². The predicted octanol–water partition coefficient (Wildman–Crippen LogP) is 4.68. The van der Waals surface area contributed by atoms with E-state index < -0.39 is 28.8 Å². The van der Waals surface area contributed by atoms with Crippen molar-refractivity contribution in [1.29, 1.82) is 0 Å². The number of benzene rings is 2. The topological polar surface area (TPSA) is 85.4 Å². The minimum atomic E-state index is -4.47. The molecule has 1 aromatic heterocycles. The van der Waals surface area contributed by atoms with Gasteiger partial charge in [-0.2, -0.15) is 13.2 Å². The van der Waals surface area contributed by atoms with E-state index in [1.54, 1.807) is 6.07 Å². The number of piperidine rings is 1. The fourth-order valence-corrected chi connectivity index (χ4v) is 5.52. The van der Waals surface area contributed by atoms with Crippen LogP contribution in [0.3, 0.4) is 0 Å². The van der Waals surface area contributed by atoms with Crippen LogP contribution in [0.4, 0.5) is 13.2 Å². The van der Waals surface area contributed by atoms with Crippen molar-refractivity contribution in [3.05, 3.63) is 105 Å². The molecule has 200 valence electrons. The molecule has 3 N–H and O–H groups in total. The van der Waals surface area contributed by atoms with Crippen molar-refractivity contribution in [2.24, 2.45) is 0 Å². The maximum atomic E-state index is 13.1. The van der Waals surface area contributed by atoms with E-state index in [-0.39, 0.29) is 30.0 Å². The molecule has 2 heterocycles. The standard InChI is InChI=1S/C29H30F3N3O3/c30-29(31,32)21-8-4-7-20(17-21)28(38)13-15-35(16-14-28)18-22-11-12-24(26(36)33-22)27(37)34-25-10-3-6-19-5-1-2-9-23(19)25/h1-2,4-5,7-9,11-12,17,25,38H,3,6,10,13-16,18H2,(H,33,36)(H,34,37). The molecular weight excluding hydrogens is 495 g/mol. The first-order valence-electron chi connectivity index (χ1n) is 12.9. The van der Waals surface area contributed by atoms with E-state index >= 15 is 0 Å². The van der Waals surface area contributed by atoms with Gasteiger partial charge in [0.1, 0.15) is 5.56 Å². The second-order valence-electron chi connectivity index (χ2n) is 10.2. The highest BCUT2D eigenvalue weighted by molar-refractivity contribution is 5.94. The molecule has 5 rings (SSSR count). The Hall–Kier alpha value is -3.43. The van der Waals surface area contributed by atoms with Crippen molar-refractivity contribution in [2.45, 2.75) is 56.5 Å². The number of H-pyrrole nitrogens is 1. The second kappa shape index (κ2) is 10.4. The number of aryl methyl sites for hydroxylation is 1. The van der Waals surface area contributed by atoms with Gasteiger partial charge in [0.25, 0.3) is 11.5 Å². The maximum absolute atomic E-state index is 13.1. The van der Waals surface area contributed by atoms with E-state index in [1.165, 1.54) is 23.8 Å². The number of nitrogens with one attached hydrogen (secondary N) is 2. The molecule has 9 heteroatoms. The van der Waals surface area contributed by atoms with Crippen molar-refractivity contribution in [1.82, 2.24) is 15.2 Å². The lowest BCUT2D eigenvalue weighted by Gasteiger charge is -2.38. The molecule has 1 amide bonds. The first-order valence-corrected chi connectivity index (χ1v) is 12.9. The molecule has 6 nitrogen and oxygen atoms in total. The van der Waals surface area contributed by atoms with Gasteiger partial charge in [-0.05, 0) is 73.1 Å². The van der Waals surface area contributed by atoms with E-state index in [9.17, 15) is 27.9 Å². The average molecular weight is 526 g/mol. The number of aliphatic hydroxyl groups is 1. The van der Waals surface area contributed by atoms with E-state index in [0.29, 0.717) is 25.3 Å². The quantitative estimate of drug-likeness (QED) is 0.452. The summed E-state index contributed by atoms with van der Waals surface area (Å²) in [5.74, 6) is -0.413. The van der Waals surface area contributed by atoms with Crippen molar-refractivity contribution in [2.75, 3.05) is 13.1 Å². The largest absolute Gasteiger partial charge is 0.416 e. The summed E-state index contributed by atoms with van der Waals surface area (Å²) in [6.07, 6.45) is -1.17. The van der Waals surface area contributed by atoms with Gasteiger partial charge in [0.2, 0.25) is 0 Å². The van der Waals surface area contributed by atoms with Crippen molar-refractivity contribution >= 4 is 5.91 Å². The Morgan fingerprint density at radius 1 is 1.08 bits per heavy atom. The summed E-state index contributed by atoms with van der Waals surface area (Å²) in [6.45, 7) is 1.28. The van der Waals surface area contributed by atoms with E-state index in [4.69, 9.17) is 0 Å². The fourth-order valence-electron chi connectivity index (χ4n) is 5.52. The van der Waals surface area contributed by atoms with E-state index in [1.807, 2.05) is 23.1 Å². The molecule has 1 fully saturated rings. The van der Waals surface area contributed by atoms with Gasteiger partial charge in [0.15, 0.2) is 0 Å². The molecule has 2 aliphatic rings. The number of carbonyl (C=O) groups is 1. The zero-order valence-electron chi connectivity index (χ0n) is 20.9. The average Bonchev–Trinajstić information content (AvgIpc) is 2.90. The van der Waals surface area contributed by atoms with Crippen LogP contribution in [0.2, 0.25) is 0 Å². The van der Waals surface area contributed by atoms with Crippen LogP contribution in [0, 0.1) is 0 Å². The third kappa shape index (κ3) is 5.54. The lowest BCUT2D eigenvalue weighted by atomic mass is 9.83. The fraction of sp³-hybridized carbons (Fsp3) is 0.379. The number of halogens is 3. The molecule has 2 aromatic carbocycles. The second-order valence-corrected chi connectivity index (χ2v) is 10.2. The van der Waals surface area contributed by atoms with Crippen LogP contribution in [0.25, 0.3) is 0 Å². The molecule has 1 saturated heterocycles. The third-order valence-corrected chi connectivity index (χ3v) is 7.69. The van der Waals surface area contributed by atoms with Gasteiger partial charge in [-0.25, -0.2) is 0 Å². The van der Waals surface area contributed by atoms with Gasteiger partial charge in [0, 0.05) is 25.3 Å². The number of nitrogens with zero attached hydrogens (tertiary/aromatic N) is 1. The van der Waals surface area contributed by atoms with Gasteiger partial charge in [-0.3, -0.25) is 14.5 Å².